The van der Waals surface area contributed by atoms with Gasteiger partial charge in [-0.2, -0.15) is 0 Å². The Balaban J connectivity index is 1.99. The Morgan fingerprint density at radius 2 is 2.08 bits per heavy atom. The van der Waals surface area contributed by atoms with Gasteiger partial charge in [-0.25, -0.2) is 0 Å². The maximum Gasteiger partial charge on any atom is 0.306 e. The largest absolute Gasteiger partial charge is 0.483 e. The molecule has 2 rings (SSSR count). The zero-order valence-electron chi connectivity index (χ0n) is 15.0. The van der Waals surface area contributed by atoms with Crippen LogP contribution >= 0.6 is 11.8 Å². The molecular weight excluding hydrogens is 320 g/mol. The Morgan fingerprint density at radius 1 is 1.25 bits per heavy atom. The van der Waals surface area contributed by atoms with Crippen molar-refractivity contribution in [1.82, 2.24) is 0 Å². The lowest BCUT2D eigenvalue weighted by Crippen LogP contribution is -2.28. The van der Waals surface area contributed by atoms with Gasteiger partial charge in [0.2, 0.25) is 0 Å². The number of hydrogen-bond acceptors (Lipinski definition) is 4. The maximum absolute atomic E-state index is 12.1. The molecule has 0 N–H and O–H groups in total. The van der Waals surface area contributed by atoms with Gasteiger partial charge in [-0.15, -0.1) is 11.8 Å². The van der Waals surface area contributed by atoms with Crippen molar-refractivity contribution in [2.45, 2.75) is 70.3 Å². The zero-order chi connectivity index (χ0) is 17.2. The van der Waals surface area contributed by atoms with Crippen LogP contribution in [0.5, 0.6) is 5.75 Å². The van der Waals surface area contributed by atoms with E-state index in [1.54, 1.807) is 11.8 Å². The molecule has 0 heterocycles. The average molecular weight is 351 g/mol. The molecule has 0 radical (unpaired) electrons. The van der Waals surface area contributed by atoms with Crippen LogP contribution in [0.4, 0.5) is 0 Å². The Bertz CT molecular complexity index is 503. The number of hydrogen-bond donors (Lipinski definition) is 0. The summed E-state index contributed by atoms with van der Waals surface area (Å²) in [6.07, 6.45) is 10.1. The van der Waals surface area contributed by atoms with E-state index in [0.717, 1.165) is 44.3 Å². The summed E-state index contributed by atoms with van der Waals surface area (Å²) in [5, 5.41) is 0. The van der Waals surface area contributed by atoms with Gasteiger partial charge in [0.25, 0.3) is 0 Å². The molecule has 0 spiro atoms. The van der Waals surface area contributed by atoms with Gasteiger partial charge in [0, 0.05) is 12.3 Å². The summed E-state index contributed by atoms with van der Waals surface area (Å²) < 4.78 is 11.6. The summed E-state index contributed by atoms with van der Waals surface area (Å²) in [6, 6.07) is 8.29. The van der Waals surface area contributed by atoms with Gasteiger partial charge in [-0.05, 0) is 49.6 Å². The lowest BCUT2D eigenvalue weighted by Gasteiger charge is -2.31. The molecule has 0 amide bonds. The van der Waals surface area contributed by atoms with Crippen molar-refractivity contribution in [2.24, 2.45) is 0 Å². The van der Waals surface area contributed by atoms with E-state index in [1.807, 2.05) is 18.4 Å². The number of rotatable bonds is 9. The van der Waals surface area contributed by atoms with E-state index >= 15 is 0 Å². The second-order valence-electron chi connectivity index (χ2n) is 6.50. The number of carbonyl (C=O) groups excluding carboxylic acids is 1. The summed E-state index contributed by atoms with van der Waals surface area (Å²) in [5.41, 5.74) is 1.24. The third-order valence-corrected chi connectivity index (χ3v) is 4.95. The Hall–Kier alpha value is -1.16. The molecule has 1 aromatic rings. The van der Waals surface area contributed by atoms with Crippen LogP contribution in [0.15, 0.2) is 24.3 Å². The molecule has 0 bridgehead atoms. The molecular formula is C20H30O3S. The van der Waals surface area contributed by atoms with E-state index < -0.39 is 0 Å². The average Bonchev–Trinajstić information content (AvgIpc) is 2.61. The second kappa shape index (κ2) is 10.7. The molecule has 1 saturated carbocycles. The quantitative estimate of drug-likeness (QED) is 0.333. The summed E-state index contributed by atoms with van der Waals surface area (Å²) in [5.74, 6) is 1.83. The highest BCUT2D eigenvalue weighted by Crippen LogP contribution is 2.36. The van der Waals surface area contributed by atoms with Crippen molar-refractivity contribution in [1.29, 1.82) is 0 Å². The summed E-state index contributed by atoms with van der Waals surface area (Å²) in [6.45, 7) is 2.15. The van der Waals surface area contributed by atoms with Gasteiger partial charge in [-0.1, -0.05) is 38.3 Å². The summed E-state index contributed by atoms with van der Waals surface area (Å²) in [4.78, 5) is 12.1. The van der Waals surface area contributed by atoms with E-state index in [-0.39, 0.29) is 12.1 Å². The first-order chi connectivity index (χ1) is 11.7. The minimum absolute atomic E-state index is 0.0173. The van der Waals surface area contributed by atoms with Gasteiger partial charge in [0.1, 0.15) is 17.8 Å². The minimum atomic E-state index is -0.0323. The van der Waals surface area contributed by atoms with Crippen LogP contribution < -0.4 is 4.74 Å². The van der Waals surface area contributed by atoms with Crippen LogP contribution in [0.2, 0.25) is 0 Å². The highest BCUT2D eigenvalue weighted by molar-refractivity contribution is 7.98. The molecule has 1 aliphatic carbocycles. The Morgan fingerprint density at radius 3 is 2.88 bits per heavy atom. The SMILES string of the molecule is CCCCCC(=O)OC1CCCCC1c1cccc(OCSC)c1. The summed E-state index contributed by atoms with van der Waals surface area (Å²) >= 11 is 1.66. The van der Waals surface area contributed by atoms with Gasteiger partial charge >= 0.3 is 5.97 Å². The van der Waals surface area contributed by atoms with Crippen molar-refractivity contribution in [2.75, 3.05) is 12.2 Å². The molecule has 0 aromatic heterocycles. The van der Waals surface area contributed by atoms with E-state index in [0.29, 0.717) is 18.3 Å². The fourth-order valence-electron chi connectivity index (χ4n) is 3.33. The number of benzene rings is 1. The predicted octanol–water partition coefficient (Wildman–Crippen LogP) is 5.54. The fraction of sp³-hybridized carbons (Fsp3) is 0.650. The lowest BCUT2D eigenvalue weighted by molar-refractivity contribution is -0.151. The first-order valence-corrected chi connectivity index (χ1v) is 10.5. The van der Waals surface area contributed by atoms with Gasteiger partial charge in [0.05, 0.1) is 0 Å². The highest BCUT2D eigenvalue weighted by atomic mass is 32.2. The molecule has 3 nitrogen and oxygen atoms in total. The maximum atomic E-state index is 12.1. The van der Waals surface area contributed by atoms with Gasteiger partial charge in [-0.3, -0.25) is 4.79 Å². The minimum Gasteiger partial charge on any atom is -0.483 e. The number of unbranched alkanes of at least 4 members (excludes halogenated alkanes) is 2. The van der Waals surface area contributed by atoms with Crippen molar-refractivity contribution in [3.05, 3.63) is 29.8 Å². The first-order valence-electron chi connectivity index (χ1n) is 9.15. The van der Waals surface area contributed by atoms with Gasteiger partial charge < -0.3 is 9.47 Å². The molecule has 2 unspecified atom stereocenters. The molecule has 24 heavy (non-hydrogen) atoms. The fourth-order valence-corrected chi connectivity index (χ4v) is 3.58. The van der Waals surface area contributed by atoms with Crippen molar-refractivity contribution < 1.29 is 14.3 Å². The third-order valence-electron chi connectivity index (χ3n) is 4.60. The molecule has 1 aromatic carbocycles. The zero-order valence-corrected chi connectivity index (χ0v) is 15.8. The molecule has 0 saturated heterocycles. The number of thioether (sulfide) groups is 1. The number of ether oxygens (including phenoxy) is 2. The highest BCUT2D eigenvalue weighted by Gasteiger charge is 2.29. The lowest BCUT2D eigenvalue weighted by atomic mass is 9.81. The third kappa shape index (κ3) is 6.04. The van der Waals surface area contributed by atoms with Crippen LogP contribution in [0.25, 0.3) is 0 Å². The van der Waals surface area contributed by atoms with Crippen molar-refractivity contribution >= 4 is 17.7 Å². The molecule has 4 heteroatoms. The first kappa shape index (κ1) is 19.2. The van der Waals surface area contributed by atoms with E-state index in [2.05, 4.69) is 19.1 Å². The van der Waals surface area contributed by atoms with E-state index in [9.17, 15) is 4.79 Å². The topological polar surface area (TPSA) is 35.5 Å². The molecule has 134 valence electrons. The van der Waals surface area contributed by atoms with Crippen LogP contribution in [-0.4, -0.2) is 24.3 Å². The van der Waals surface area contributed by atoms with Gasteiger partial charge in [0.15, 0.2) is 0 Å². The molecule has 2 atom stereocenters. The Kier molecular flexibility index (Phi) is 8.51. The number of carbonyl (C=O) groups is 1. The second-order valence-corrected chi connectivity index (χ2v) is 7.31. The van der Waals surface area contributed by atoms with Crippen molar-refractivity contribution in [3.63, 3.8) is 0 Å². The monoisotopic (exact) mass is 350 g/mol. The van der Waals surface area contributed by atoms with Crippen molar-refractivity contribution in [3.8, 4) is 5.75 Å². The van der Waals surface area contributed by atoms with E-state index in [4.69, 9.17) is 9.47 Å². The molecule has 0 aliphatic heterocycles. The van der Waals surface area contributed by atoms with E-state index in [1.165, 1.54) is 12.0 Å². The smallest absolute Gasteiger partial charge is 0.306 e. The molecule has 1 fully saturated rings. The molecule has 1 aliphatic rings. The normalized spacial score (nSPS) is 20.6. The number of esters is 1. The predicted molar refractivity (Wildman–Crippen MR) is 101 cm³/mol. The standard InChI is InChI=1S/C20H30O3S/c1-3-4-5-13-20(21)23-19-12-7-6-11-18(19)16-9-8-10-17(14-16)22-15-24-2/h8-10,14,18-19H,3-7,11-13,15H2,1-2H3. The van der Waals surface area contributed by atoms with Crippen LogP contribution in [0.3, 0.4) is 0 Å². The van der Waals surface area contributed by atoms with Crippen LogP contribution in [0.1, 0.15) is 69.8 Å². The Labute approximate surface area is 150 Å². The summed E-state index contributed by atoms with van der Waals surface area (Å²) in [7, 11) is 0. The van der Waals surface area contributed by atoms with Crippen LogP contribution in [-0.2, 0) is 9.53 Å². The van der Waals surface area contributed by atoms with Crippen LogP contribution in [0, 0.1) is 0 Å².